The summed E-state index contributed by atoms with van der Waals surface area (Å²) < 4.78 is 32.1. The van der Waals surface area contributed by atoms with Gasteiger partial charge >= 0.3 is 0 Å². The molecule has 2 aromatic rings. The molecule has 0 aromatic heterocycles. The average Bonchev–Trinajstić information content (AvgIpc) is 3.42. The minimum Gasteiger partial charge on any atom is -0.497 e. The smallest absolute Gasteiger partial charge is 0.223 e. The van der Waals surface area contributed by atoms with E-state index in [9.17, 15) is 18.7 Å². The molecule has 1 aliphatic carbocycles. The van der Waals surface area contributed by atoms with Gasteiger partial charge in [-0.05, 0) is 53.8 Å². The van der Waals surface area contributed by atoms with Gasteiger partial charge in [-0.3, -0.25) is 4.79 Å². The van der Waals surface area contributed by atoms with Crippen molar-refractivity contribution in [3.63, 3.8) is 0 Å². The number of carbonyl (C=O) groups is 1. The molecule has 0 unspecified atom stereocenters. The predicted octanol–water partition coefficient (Wildman–Crippen LogP) is 2.93. The Balaban J connectivity index is 1.56. The van der Waals surface area contributed by atoms with Crippen LogP contribution in [-0.2, 0) is 4.79 Å². The summed E-state index contributed by atoms with van der Waals surface area (Å²) in [5, 5.41) is 12.8. The van der Waals surface area contributed by atoms with E-state index in [4.69, 9.17) is 4.74 Å². The van der Waals surface area contributed by atoms with Crippen LogP contribution in [0.4, 0.5) is 8.78 Å². The van der Waals surface area contributed by atoms with Crippen molar-refractivity contribution in [2.45, 2.75) is 18.4 Å². The zero-order chi connectivity index (χ0) is 18.0. The van der Waals surface area contributed by atoms with Crippen molar-refractivity contribution >= 4 is 5.91 Å². The second-order valence-corrected chi connectivity index (χ2v) is 6.15. The number of methoxy groups -OCH3 is 1. The van der Waals surface area contributed by atoms with Crippen molar-refractivity contribution in [2.75, 3.05) is 13.7 Å². The van der Waals surface area contributed by atoms with Crippen LogP contribution in [-0.4, -0.2) is 24.7 Å². The molecule has 2 aromatic carbocycles. The van der Waals surface area contributed by atoms with Crippen LogP contribution in [0.5, 0.6) is 5.75 Å². The number of halogens is 2. The van der Waals surface area contributed by atoms with Gasteiger partial charge in [-0.1, -0.05) is 12.1 Å². The van der Waals surface area contributed by atoms with Crippen molar-refractivity contribution in [1.82, 2.24) is 5.32 Å². The largest absolute Gasteiger partial charge is 0.497 e. The quantitative estimate of drug-likeness (QED) is 0.845. The van der Waals surface area contributed by atoms with E-state index in [1.165, 1.54) is 7.11 Å². The Morgan fingerprint density at radius 3 is 2.88 bits per heavy atom. The van der Waals surface area contributed by atoms with Crippen LogP contribution in [0.25, 0.3) is 0 Å². The Bertz CT molecular complexity index is 781. The molecule has 3 rings (SSSR count). The summed E-state index contributed by atoms with van der Waals surface area (Å²) in [4.78, 5) is 12.2. The number of nitrogens with one attached hydrogen (secondary N) is 1. The van der Waals surface area contributed by atoms with E-state index >= 15 is 0 Å². The van der Waals surface area contributed by atoms with Crippen LogP contribution in [0.1, 0.15) is 29.6 Å². The Morgan fingerprint density at radius 2 is 2.12 bits per heavy atom. The number of hydrogen-bond donors (Lipinski definition) is 2. The van der Waals surface area contributed by atoms with E-state index in [-0.39, 0.29) is 23.9 Å². The minimum atomic E-state index is -0.873. The van der Waals surface area contributed by atoms with E-state index in [0.717, 1.165) is 18.2 Å². The highest BCUT2D eigenvalue weighted by atomic mass is 19.1. The molecular formula is C19H19F2NO3. The summed E-state index contributed by atoms with van der Waals surface area (Å²) in [5.41, 5.74) is 0.858. The fourth-order valence-corrected chi connectivity index (χ4v) is 2.92. The monoisotopic (exact) mass is 347 g/mol. The molecule has 3 atom stereocenters. The Kier molecular flexibility index (Phi) is 4.99. The van der Waals surface area contributed by atoms with Crippen molar-refractivity contribution < 1.29 is 23.4 Å². The third-order valence-electron chi connectivity index (χ3n) is 4.43. The number of carbonyl (C=O) groups excluding carboxylic acids is 1. The van der Waals surface area contributed by atoms with Gasteiger partial charge < -0.3 is 15.2 Å². The van der Waals surface area contributed by atoms with Crippen molar-refractivity contribution in [1.29, 1.82) is 0 Å². The zero-order valence-corrected chi connectivity index (χ0v) is 13.7. The lowest BCUT2D eigenvalue weighted by molar-refractivity contribution is -0.122. The molecule has 0 bridgehead atoms. The van der Waals surface area contributed by atoms with Crippen LogP contribution < -0.4 is 10.1 Å². The van der Waals surface area contributed by atoms with Gasteiger partial charge in [0.15, 0.2) is 0 Å². The highest BCUT2D eigenvalue weighted by molar-refractivity contribution is 5.82. The van der Waals surface area contributed by atoms with E-state index < -0.39 is 23.7 Å². The second-order valence-electron chi connectivity index (χ2n) is 6.15. The summed E-state index contributed by atoms with van der Waals surface area (Å²) in [6, 6.07) is 10.2. The Hall–Kier alpha value is -2.47. The van der Waals surface area contributed by atoms with Crippen LogP contribution in [0.2, 0.25) is 0 Å². The lowest BCUT2D eigenvalue weighted by atomic mass is 10.1. The summed E-state index contributed by atoms with van der Waals surface area (Å²) in [7, 11) is 1.53. The van der Waals surface area contributed by atoms with Gasteiger partial charge in [-0.25, -0.2) is 8.78 Å². The maximum absolute atomic E-state index is 13.8. The number of hydrogen-bond acceptors (Lipinski definition) is 3. The molecule has 1 saturated carbocycles. The standard InChI is InChI=1S/C19H19F2NO3/c1-25-13-4-2-3-11(7-13)18(23)10-22-19(24)16-9-14(16)15-8-12(20)5-6-17(15)21/h2-8,14,16,18,23H,9-10H2,1H3,(H,22,24)/t14-,16+,18-/m1/s1. The molecule has 0 aliphatic heterocycles. The van der Waals surface area contributed by atoms with E-state index in [1.807, 2.05) is 0 Å². The van der Waals surface area contributed by atoms with Crippen molar-refractivity contribution in [3.05, 3.63) is 65.2 Å². The van der Waals surface area contributed by atoms with Gasteiger partial charge in [0.2, 0.25) is 5.91 Å². The number of rotatable bonds is 6. The van der Waals surface area contributed by atoms with E-state index in [2.05, 4.69) is 5.32 Å². The topological polar surface area (TPSA) is 58.6 Å². The lowest BCUT2D eigenvalue weighted by Crippen LogP contribution is -2.30. The summed E-state index contributed by atoms with van der Waals surface area (Å²) in [6.07, 6.45) is -0.399. The third kappa shape index (κ3) is 3.96. The van der Waals surface area contributed by atoms with Crippen LogP contribution >= 0.6 is 0 Å². The molecule has 6 heteroatoms. The Morgan fingerprint density at radius 1 is 1.32 bits per heavy atom. The molecule has 4 nitrogen and oxygen atoms in total. The molecular weight excluding hydrogens is 328 g/mol. The molecule has 25 heavy (non-hydrogen) atoms. The van der Waals surface area contributed by atoms with Gasteiger partial charge in [0, 0.05) is 12.5 Å². The maximum atomic E-state index is 13.8. The first-order valence-corrected chi connectivity index (χ1v) is 8.04. The van der Waals surface area contributed by atoms with Crippen molar-refractivity contribution in [3.8, 4) is 5.75 Å². The Labute approximate surface area is 144 Å². The van der Waals surface area contributed by atoms with Gasteiger partial charge in [-0.2, -0.15) is 0 Å². The first-order valence-electron chi connectivity index (χ1n) is 8.04. The molecule has 0 spiro atoms. The second kappa shape index (κ2) is 7.19. The molecule has 2 N–H and O–H groups in total. The summed E-state index contributed by atoms with van der Waals surface area (Å²) in [5.74, 6) is -1.38. The molecule has 1 fully saturated rings. The summed E-state index contributed by atoms with van der Waals surface area (Å²) >= 11 is 0. The molecule has 0 radical (unpaired) electrons. The van der Waals surface area contributed by atoms with Gasteiger partial charge in [0.1, 0.15) is 17.4 Å². The first-order chi connectivity index (χ1) is 12.0. The van der Waals surface area contributed by atoms with Gasteiger partial charge in [0.05, 0.1) is 13.2 Å². The van der Waals surface area contributed by atoms with Crippen LogP contribution in [0.3, 0.4) is 0 Å². The van der Waals surface area contributed by atoms with Gasteiger partial charge in [-0.15, -0.1) is 0 Å². The highest BCUT2D eigenvalue weighted by Crippen LogP contribution is 2.48. The number of aliphatic hydroxyl groups excluding tert-OH is 1. The maximum Gasteiger partial charge on any atom is 0.223 e. The molecule has 132 valence electrons. The minimum absolute atomic E-state index is 0.0425. The number of amides is 1. The van der Waals surface area contributed by atoms with Gasteiger partial charge in [0.25, 0.3) is 0 Å². The molecule has 0 saturated heterocycles. The van der Waals surface area contributed by atoms with Crippen molar-refractivity contribution in [2.24, 2.45) is 5.92 Å². The predicted molar refractivity (Wildman–Crippen MR) is 88.2 cm³/mol. The number of ether oxygens (including phenoxy) is 1. The average molecular weight is 347 g/mol. The number of benzene rings is 2. The highest BCUT2D eigenvalue weighted by Gasteiger charge is 2.45. The summed E-state index contributed by atoms with van der Waals surface area (Å²) in [6.45, 7) is 0.0425. The normalized spacial score (nSPS) is 20.0. The fraction of sp³-hybridized carbons (Fsp3) is 0.316. The molecule has 1 amide bonds. The molecule has 1 aliphatic rings. The molecule has 0 heterocycles. The fourth-order valence-electron chi connectivity index (χ4n) is 2.92. The third-order valence-corrected chi connectivity index (χ3v) is 4.43. The zero-order valence-electron chi connectivity index (χ0n) is 13.7. The van der Waals surface area contributed by atoms with E-state index in [0.29, 0.717) is 17.7 Å². The SMILES string of the molecule is COc1cccc([C@H](O)CNC(=O)[C@H]2C[C@@H]2c2cc(F)ccc2F)c1. The lowest BCUT2D eigenvalue weighted by Gasteiger charge is -2.13. The van der Waals surface area contributed by atoms with E-state index in [1.54, 1.807) is 24.3 Å². The van der Waals surface area contributed by atoms with Crippen LogP contribution in [0, 0.1) is 17.6 Å². The first kappa shape index (κ1) is 17.4. The number of aliphatic hydroxyl groups is 1. The van der Waals surface area contributed by atoms with Crippen LogP contribution in [0.15, 0.2) is 42.5 Å².